The van der Waals surface area contributed by atoms with Gasteiger partial charge in [0, 0.05) is 19.5 Å². The van der Waals surface area contributed by atoms with Crippen molar-refractivity contribution in [1.29, 1.82) is 0 Å². The van der Waals surface area contributed by atoms with Crippen molar-refractivity contribution in [3.8, 4) is 11.5 Å². The van der Waals surface area contributed by atoms with E-state index in [2.05, 4.69) is 0 Å². The first-order valence-corrected chi connectivity index (χ1v) is 6.46. The molecule has 20 heavy (non-hydrogen) atoms. The largest absolute Gasteiger partial charge is 0.504 e. The van der Waals surface area contributed by atoms with E-state index < -0.39 is 11.9 Å². The van der Waals surface area contributed by atoms with Crippen LogP contribution in [0, 0.1) is 5.92 Å². The number of rotatable bonds is 5. The Hall–Kier alpha value is -2.24. The highest BCUT2D eigenvalue weighted by atomic mass is 16.5. The zero-order valence-corrected chi connectivity index (χ0v) is 11.2. The molecule has 6 nitrogen and oxygen atoms in total. The summed E-state index contributed by atoms with van der Waals surface area (Å²) in [6.07, 6.45) is 0.0474. The van der Waals surface area contributed by atoms with E-state index in [0.29, 0.717) is 18.9 Å². The number of carbonyl (C=O) groups excluding carboxylic acids is 1. The lowest BCUT2D eigenvalue weighted by Gasteiger charge is -2.17. The van der Waals surface area contributed by atoms with E-state index in [4.69, 9.17) is 9.84 Å². The average molecular weight is 279 g/mol. The minimum atomic E-state index is -0.943. The first kappa shape index (κ1) is 14.2. The minimum Gasteiger partial charge on any atom is -0.504 e. The Kier molecular flexibility index (Phi) is 4.12. The van der Waals surface area contributed by atoms with E-state index in [1.54, 1.807) is 12.1 Å². The molecule has 0 unspecified atom stereocenters. The quantitative estimate of drug-likeness (QED) is 0.846. The second-order valence-corrected chi connectivity index (χ2v) is 4.75. The number of hydrogen-bond donors (Lipinski definition) is 2. The van der Waals surface area contributed by atoms with Crippen LogP contribution in [-0.2, 0) is 16.1 Å². The highest BCUT2D eigenvalue weighted by molar-refractivity contribution is 5.86. The fraction of sp³-hybridized carbons (Fsp3) is 0.429. The lowest BCUT2D eigenvalue weighted by Crippen LogP contribution is -2.25. The zero-order valence-electron chi connectivity index (χ0n) is 11.2. The smallest absolute Gasteiger partial charge is 0.308 e. The van der Waals surface area contributed by atoms with Crippen LogP contribution in [0.2, 0.25) is 0 Å². The van der Waals surface area contributed by atoms with Crippen LogP contribution in [0.3, 0.4) is 0 Å². The molecule has 2 rings (SSSR count). The van der Waals surface area contributed by atoms with Crippen LogP contribution >= 0.6 is 0 Å². The van der Waals surface area contributed by atoms with Gasteiger partial charge in [-0.25, -0.2) is 0 Å². The van der Waals surface area contributed by atoms with Crippen molar-refractivity contribution < 1.29 is 24.5 Å². The second-order valence-electron chi connectivity index (χ2n) is 4.75. The molecular formula is C14H17NO5. The fourth-order valence-corrected chi connectivity index (χ4v) is 2.24. The maximum Gasteiger partial charge on any atom is 0.308 e. The molecule has 0 radical (unpaired) electrons. The number of hydrogen-bond acceptors (Lipinski definition) is 4. The first-order chi connectivity index (χ1) is 9.51. The molecule has 1 saturated heterocycles. The Labute approximate surface area is 116 Å². The number of phenolic OH excluding ortho intramolecular Hbond substituents is 1. The van der Waals surface area contributed by atoms with Gasteiger partial charge in [-0.3, -0.25) is 9.59 Å². The molecule has 108 valence electrons. The maximum atomic E-state index is 11.8. The summed E-state index contributed by atoms with van der Waals surface area (Å²) in [5.41, 5.74) is 0.797. The van der Waals surface area contributed by atoms with Crippen molar-refractivity contribution >= 4 is 11.9 Å². The van der Waals surface area contributed by atoms with E-state index in [0.717, 1.165) is 5.56 Å². The van der Waals surface area contributed by atoms with Gasteiger partial charge in [0.15, 0.2) is 11.5 Å². The number of benzene rings is 1. The van der Waals surface area contributed by atoms with E-state index in [-0.39, 0.29) is 24.6 Å². The molecule has 2 N–H and O–H groups in total. The highest BCUT2D eigenvalue weighted by Crippen LogP contribution is 2.28. The third-order valence-corrected chi connectivity index (χ3v) is 3.26. The van der Waals surface area contributed by atoms with Crippen molar-refractivity contribution in [3.63, 3.8) is 0 Å². The molecule has 1 aromatic carbocycles. The number of ether oxygens (including phenoxy) is 1. The molecular weight excluding hydrogens is 262 g/mol. The van der Waals surface area contributed by atoms with Crippen molar-refractivity contribution in [2.75, 3.05) is 13.2 Å². The topological polar surface area (TPSA) is 87.1 Å². The normalized spacial score (nSPS) is 18.4. The van der Waals surface area contributed by atoms with E-state index in [1.807, 2.05) is 6.92 Å². The van der Waals surface area contributed by atoms with Crippen LogP contribution in [-0.4, -0.2) is 40.1 Å². The SMILES string of the molecule is CCOc1cc(CN2C[C@@H](C(=O)O)CC2=O)ccc1O. The van der Waals surface area contributed by atoms with Gasteiger partial charge < -0.3 is 19.8 Å². The number of phenols is 1. The summed E-state index contributed by atoms with van der Waals surface area (Å²) in [5, 5.41) is 18.5. The van der Waals surface area contributed by atoms with E-state index in [1.165, 1.54) is 11.0 Å². The van der Waals surface area contributed by atoms with Gasteiger partial charge in [0.05, 0.1) is 12.5 Å². The number of likely N-dealkylation sites (tertiary alicyclic amines) is 1. The lowest BCUT2D eigenvalue weighted by molar-refractivity contribution is -0.141. The van der Waals surface area contributed by atoms with Gasteiger partial charge in [-0.2, -0.15) is 0 Å². The average Bonchev–Trinajstić information content (AvgIpc) is 2.76. The molecule has 1 atom stereocenters. The summed E-state index contributed by atoms with van der Waals surface area (Å²) in [7, 11) is 0. The van der Waals surface area contributed by atoms with Gasteiger partial charge >= 0.3 is 5.97 Å². The Balaban J connectivity index is 2.08. The Bertz CT molecular complexity index is 528. The third-order valence-electron chi connectivity index (χ3n) is 3.26. The molecule has 1 amide bonds. The van der Waals surface area contributed by atoms with Crippen molar-refractivity contribution in [3.05, 3.63) is 23.8 Å². The van der Waals surface area contributed by atoms with Crippen LogP contribution in [0.1, 0.15) is 18.9 Å². The predicted molar refractivity (Wildman–Crippen MR) is 70.4 cm³/mol. The van der Waals surface area contributed by atoms with Gasteiger partial charge in [-0.15, -0.1) is 0 Å². The number of aromatic hydroxyl groups is 1. The Morgan fingerprint density at radius 2 is 2.25 bits per heavy atom. The van der Waals surface area contributed by atoms with Gasteiger partial charge in [0.1, 0.15) is 0 Å². The monoisotopic (exact) mass is 279 g/mol. The highest BCUT2D eigenvalue weighted by Gasteiger charge is 2.34. The number of nitrogens with zero attached hydrogens (tertiary/aromatic N) is 1. The molecule has 1 fully saturated rings. The Morgan fingerprint density at radius 3 is 2.85 bits per heavy atom. The molecule has 0 bridgehead atoms. The van der Waals surface area contributed by atoms with Crippen molar-refractivity contribution in [2.45, 2.75) is 19.9 Å². The summed E-state index contributed by atoms with van der Waals surface area (Å²) in [4.78, 5) is 24.2. The standard InChI is InChI=1S/C14H17NO5/c1-2-20-12-5-9(3-4-11(12)16)7-15-8-10(14(18)19)6-13(15)17/h3-5,10,16H,2,6-8H2,1H3,(H,18,19)/t10-/m0/s1. The Morgan fingerprint density at radius 1 is 1.50 bits per heavy atom. The second kappa shape index (κ2) is 5.81. The summed E-state index contributed by atoms with van der Waals surface area (Å²) in [6.45, 7) is 2.79. The maximum absolute atomic E-state index is 11.8. The number of carboxylic acid groups (broad SMARTS) is 1. The number of carbonyl (C=O) groups is 2. The molecule has 6 heteroatoms. The van der Waals surface area contributed by atoms with E-state index >= 15 is 0 Å². The van der Waals surface area contributed by atoms with Gasteiger partial charge in [0.25, 0.3) is 0 Å². The van der Waals surface area contributed by atoms with Crippen LogP contribution < -0.4 is 4.74 Å². The summed E-state index contributed by atoms with van der Waals surface area (Å²) in [5.74, 6) is -1.32. The van der Waals surface area contributed by atoms with Crippen molar-refractivity contribution in [1.82, 2.24) is 4.90 Å². The first-order valence-electron chi connectivity index (χ1n) is 6.46. The molecule has 0 aromatic heterocycles. The third kappa shape index (κ3) is 3.01. The van der Waals surface area contributed by atoms with Crippen LogP contribution in [0.15, 0.2) is 18.2 Å². The molecule has 1 aliphatic heterocycles. The van der Waals surface area contributed by atoms with Crippen LogP contribution in [0.4, 0.5) is 0 Å². The molecule has 0 spiro atoms. The van der Waals surface area contributed by atoms with Crippen molar-refractivity contribution in [2.24, 2.45) is 5.92 Å². The van der Waals surface area contributed by atoms with Gasteiger partial charge in [-0.05, 0) is 24.6 Å². The zero-order chi connectivity index (χ0) is 14.7. The molecule has 1 aliphatic rings. The minimum absolute atomic E-state index is 0.0474. The summed E-state index contributed by atoms with van der Waals surface area (Å²) < 4.78 is 5.28. The molecule has 1 aromatic rings. The van der Waals surface area contributed by atoms with Crippen LogP contribution in [0.5, 0.6) is 11.5 Å². The number of aliphatic carboxylic acids is 1. The molecule has 0 aliphatic carbocycles. The lowest BCUT2D eigenvalue weighted by atomic mass is 10.1. The summed E-state index contributed by atoms with van der Waals surface area (Å²) >= 11 is 0. The fourth-order valence-electron chi connectivity index (χ4n) is 2.24. The predicted octanol–water partition coefficient (Wildman–Crippen LogP) is 1.22. The number of carboxylic acids is 1. The van der Waals surface area contributed by atoms with Gasteiger partial charge in [0.2, 0.25) is 5.91 Å². The molecule has 1 heterocycles. The number of amides is 1. The van der Waals surface area contributed by atoms with Gasteiger partial charge in [-0.1, -0.05) is 6.07 Å². The summed E-state index contributed by atoms with van der Waals surface area (Å²) in [6, 6.07) is 4.87. The molecule has 0 saturated carbocycles. The van der Waals surface area contributed by atoms with E-state index in [9.17, 15) is 14.7 Å². The van der Waals surface area contributed by atoms with Crippen LogP contribution in [0.25, 0.3) is 0 Å².